The fraction of sp³-hybridized carbons (Fsp3) is 0.588. The lowest BCUT2D eigenvalue weighted by atomic mass is 9.80. The van der Waals surface area contributed by atoms with Crippen LogP contribution in [0.5, 0.6) is 0 Å². The molecule has 0 aliphatic heterocycles. The topological polar surface area (TPSA) is 63.2 Å². The van der Waals surface area contributed by atoms with Gasteiger partial charge < -0.3 is 0 Å². The Morgan fingerprint density at radius 1 is 1.09 bits per heavy atom. The molecule has 1 amide bonds. The van der Waals surface area contributed by atoms with Crippen LogP contribution in [-0.4, -0.2) is 20.6 Å². The quantitative estimate of drug-likeness (QED) is 0.917. The minimum atomic E-state index is -3.53. The van der Waals surface area contributed by atoms with Gasteiger partial charge in [0.15, 0.2) is 0 Å². The van der Waals surface area contributed by atoms with E-state index in [0.717, 1.165) is 23.8 Å². The minimum Gasteiger partial charge on any atom is -0.273 e. The highest BCUT2D eigenvalue weighted by molar-refractivity contribution is 7.89. The molecule has 4 nitrogen and oxygen atoms in total. The van der Waals surface area contributed by atoms with Crippen molar-refractivity contribution in [3.63, 3.8) is 0 Å². The molecule has 5 heteroatoms. The molecule has 0 aromatic heterocycles. The molecule has 1 N–H and O–H groups in total. The first-order valence-corrected chi connectivity index (χ1v) is 9.68. The summed E-state index contributed by atoms with van der Waals surface area (Å²) in [4.78, 5) is 12.1. The van der Waals surface area contributed by atoms with Crippen LogP contribution in [0.3, 0.4) is 0 Å². The van der Waals surface area contributed by atoms with Crippen molar-refractivity contribution in [3.8, 4) is 0 Å². The predicted molar refractivity (Wildman–Crippen MR) is 94.5 cm³/mol. The zero-order chi connectivity index (χ0) is 18.0. The number of hydrogen-bond donors (Lipinski definition) is 1. The van der Waals surface area contributed by atoms with Crippen molar-refractivity contribution in [2.24, 2.45) is 0 Å². The third-order valence-corrected chi connectivity index (χ3v) is 3.47. The van der Waals surface area contributed by atoms with Crippen molar-refractivity contribution in [1.29, 1.82) is 0 Å². The summed E-state index contributed by atoms with van der Waals surface area (Å²) in [6.07, 6.45) is 1.78. The molecule has 0 fully saturated rings. The van der Waals surface area contributed by atoms with Gasteiger partial charge in [-0.2, -0.15) is 0 Å². The van der Waals surface area contributed by atoms with E-state index >= 15 is 0 Å². The lowest BCUT2D eigenvalue weighted by molar-refractivity contribution is -0.123. The van der Waals surface area contributed by atoms with Gasteiger partial charge in [-0.25, -0.2) is 8.42 Å². The van der Waals surface area contributed by atoms with Gasteiger partial charge in [-0.05, 0) is 31.4 Å². The van der Waals surface area contributed by atoms with E-state index in [4.69, 9.17) is 0 Å². The van der Waals surface area contributed by atoms with Gasteiger partial charge in [0.2, 0.25) is 15.9 Å². The average Bonchev–Trinajstić information content (AvgIpc) is 2.49. The van der Waals surface area contributed by atoms with Gasteiger partial charge in [0.25, 0.3) is 0 Å². The highest BCUT2D eigenvalue weighted by Gasteiger charge is 2.32. The molecule has 0 aliphatic rings. The summed E-state index contributed by atoms with van der Waals surface area (Å²) in [6, 6.07) is 7.57. The monoisotopic (exact) mass is 329 g/mol. The van der Waals surface area contributed by atoms with E-state index in [1.165, 1.54) is 0 Å². The van der Waals surface area contributed by atoms with E-state index in [-0.39, 0.29) is 0 Å². The third kappa shape index (κ3) is 7.07. The van der Waals surface area contributed by atoms with E-state index in [1.807, 2.05) is 63.6 Å². The molecular weight excluding hydrogens is 298 g/mol. The van der Waals surface area contributed by atoms with E-state index in [9.17, 15) is 13.2 Å². The van der Waals surface area contributed by atoms with Crippen LogP contribution >= 0.6 is 0 Å². The summed E-state index contributed by atoms with van der Waals surface area (Å²) in [6.45, 7) is 13.5. The Balaban J connectivity index is 0. The highest BCUT2D eigenvalue weighted by atomic mass is 32.2. The normalized spacial score (nSPS) is 10.5. The van der Waals surface area contributed by atoms with Gasteiger partial charge in [-0.15, -0.1) is 0 Å². The number of sulfonamides is 1. The summed E-state index contributed by atoms with van der Waals surface area (Å²) < 4.78 is 24.3. The van der Waals surface area contributed by atoms with Crippen LogP contribution in [0.2, 0.25) is 0 Å². The first kappa shape index (κ1) is 22.9. The SMILES string of the molecule is CC.CC.CCc1ccccc1C(C)(C)C(=O)NS(C)(=O)=O. The number of rotatable bonds is 4. The maximum atomic E-state index is 12.1. The van der Waals surface area contributed by atoms with E-state index < -0.39 is 21.3 Å². The number of aryl methyl sites for hydroxylation is 1. The standard InChI is InChI=1S/C13H19NO3S.2C2H6/c1-5-10-8-6-7-9-11(10)13(2,3)12(15)14-18(4,16)17;2*1-2/h6-9H,5H2,1-4H3,(H,14,15);2*1-2H3. The third-order valence-electron chi connectivity index (χ3n) is 2.92. The Labute approximate surface area is 136 Å². The molecule has 1 rings (SSSR count). The number of nitrogens with one attached hydrogen (secondary N) is 1. The predicted octanol–water partition coefficient (Wildman–Crippen LogP) is 3.65. The van der Waals surface area contributed by atoms with Gasteiger partial charge in [0.05, 0.1) is 11.7 Å². The van der Waals surface area contributed by atoms with E-state index in [1.54, 1.807) is 13.8 Å². The van der Waals surface area contributed by atoms with Gasteiger partial charge in [-0.3, -0.25) is 9.52 Å². The van der Waals surface area contributed by atoms with E-state index in [2.05, 4.69) is 0 Å². The Hall–Kier alpha value is -1.36. The smallest absolute Gasteiger partial charge is 0.243 e. The van der Waals surface area contributed by atoms with E-state index in [0.29, 0.717) is 0 Å². The molecule has 0 saturated carbocycles. The van der Waals surface area contributed by atoms with Crippen molar-refractivity contribution in [3.05, 3.63) is 35.4 Å². The first-order valence-electron chi connectivity index (χ1n) is 7.79. The van der Waals surface area contributed by atoms with Crippen LogP contribution in [0.1, 0.15) is 59.6 Å². The van der Waals surface area contributed by atoms with Gasteiger partial charge in [0, 0.05) is 0 Å². The lowest BCUT2D eigenvalue weighted by Gasteiger charge is -2.26. The highest BCUT2D eigenvalue weighted by Crippen LogP contribution is 2.27. The van der Waals surface area contributed by atoms with Crippen molar-refractivity contribution in [2.75, 3.05) is 6.26 Å². The maximum Gasteiger partial charge on any atom is 0.243 e. The number of carbonyl (C=O) groups is 1. The Bertz CT molecular complexity index is 549. The van der Waals surface area contributed by atoms with Crippen LogP contribution < -0.4 is 4.72 Å². The molecule has 0 aliphatic carbocycles. The summed E-state index contributed by atoms with van der Waals surface area (Å²) in [7, 11) is -3.53. The molecule has 1 aromatic carbocycles. The second kappa shape index (κ2) is 10.4. The largest absolute Gasteiger partial charge is 0.273 e. The summed E-state index contributed by atoms with van der Waals surface area (Å²) in [5.41, 5.74) is 1.02. The fourth-order valence-corrected chi connectivity index (χ4v) is 2.45. The molecule has 0 atom stereocenters. The Morgan fingerprint density at radius 3 is 1.95 bits per heavy atom. The van der Waals surface area contributed by atoms with Gasteiger partial charge in [0.1, 0.15) is 0 Å². The zero-order valence-corrected chi connectivity index (χ0v) is 16.0. The van der Waals surface area contributed by atoms with Gasteiger partial charge in [-0.1, -0.05) is 58.9 Å². The molecule has 128 valence electrons. The second-order valence-corrected chi connectivity index (χ2v) is 6.59. The number of benzene rings is 1. The van der Waals surface area contributed by atoms with Crippen molar-refractivity contribution in [2.45, 2.75) is 60.3 Å². The lowest BCUT2D eigenvalue weighted by Crippen LogP contribution is -2.43. The minimum absolute atomic E-state index is 0.508. The van der Waals surface area contributed by atoms with Crippen LogP contribution in [-0.2, 0) is 26.7 Å². The molecular formula is C17H31NO3S. The Morgan fingerprint density at radius 2 is 1.55 bits per heavy atom. The zero-order valence-electron chi connectivity index (χ0n) is 15.1. The second-order valence-electron chi connectivity index (χ2n) is 4.84. The molecule has 22 heavy (non-hydrogen) atoms. The maximum absolute atomic E-state index is 12.1. The summed E-state index contributed by atoms with van der Waals surface area (Å²) >= 11 is 0. The molecule has 0 unspecified atom stereocenters. The molecule has 0 heterocycles. The molecule has 0 spiro atoms. The molecule has 1 aromatic rings. The van der Waals surface area contributed by atoms with Crippen LogP contribution in [0.25, 0.3) is 0 Å². The molecule has 0 saturated heterocycles. The number of carbonyl (C=O) groups excluding carboxylic acids is 1. The van der Waals surface area contributed by atoms with Gasteiger partial charge >= 0.3 is 0 Å². The molecule has 0 radical (unpaired) electrons. The van der Waals surface area contributed by atoms with Crippen LogP contribution in [0.4, 0.5) is 0 Å². The van der Waals surface area contributed by atoms with Crippen molar-refractivity contribution < 1.29 is 13.2 Å². The fourth-order valence-electron chi connectivity index (χ4n) is 1.86. The molecule has 0 bridgehead atoms. The first-order chi connectivity index (χ1) is 10.2. The Kier molecular flexibility index (Phi) is 10.8. The number of amides is 1. The summed E-state index contributed by atoms with van der Waals surface area (Å²) in [5.74, 6) is -0.508. The van der Waals surface area contributed by atoms with Crippen LogP contribution in [0, 0.1) is 0 Å². The van der Waals surface area contributed by atoms with Crippen LogP contribution in [0.15, 0.2) is 24.3 Å². The van der Waals surface area contributed by atoms with Crippen molar-refractivity contribution in [1.82, 2.24) is 4.72 Å². The number of hydrogen-bond acceptors (Lipinski definition) is 3. The van der Waals surface area contributed by atoms with Crippen molar-refractivity contribution >= 4 is 15.9 Å². The average molecular weight is 330 g/mol. The summed E-state index contributed by atoms with van der Waals surface area (Å²) in [5, 5.41) is 0.